The minimum absolute atomic E-state index is 0.184. The fourth-order valence-corrected chi connectivity index (χ4v) is 2.66. The van der Waals surface area contributed by atoms with E-state index in [1.165, 1.54) is 5.56 Å². The van der Waals surface area contributed by atoms with Crippen LogP contribution >= 0.6 is 0 Å². The summed E-state index contributed by atoms with van der Waals surface area (Å²) >= 11 is 0. The molecule has 0 saturated carbocycles. The molecule has 0 aromatic heterocycles. The van der Waals surface area contributed by atoms with Gasteiger partial charge in [-0.1, -0.05) is 36.8 Å². The largest absolute Gasteiger partial charge is 0.395 e. The summed E-state index contributed by atoms with van der Waals surface area (Å²) < 4.78 is 0. The van der Waals surface area contributed by atoms with Crippen molar-refractivity contribution in [2.24, 2.45) is 0 Å². The van der Waals surface area contributed by atoms with Crippen LogP contribution in [0.2, 0.25) is 0 Å². The number of aliphatic hydroxyl groups is 2. The molecule has 1 aromatic carbocycles. The average Bonchev–Trinajstić information content (AvgIpc) is 2.40. The number of nitrogens with zero attached hydrogens (tertiary/aromatic N) is 1. The van der Waals surface area contributed by atoms with Crippen LogP contribution in [0.3, 0.4) is 0 Å². The molecule has 0 spiro atoms. The molecule has 1 aliphatic heterocycles. The van der Waals surface area contributed by atoms with E-state index in [2.05, 4.69) is 17.0 Å². The van der Waals surface area contributed by atoms with E-state index in [0.29, 0.717) is 0 Å². The van der Waals surface area contributed by atoms with Gasteiger partial charge in [0.05, 0.1) is 13.2 Å². The number of hydrogen-bond acceptors (Lipinski definition) is 3. The molecule has 1 heterocycles. The summed E-state index contributed by atoms with van der Waals surface area (Å²) in [6.07, 6.45) is 3.15. The molecular formula is C14H21NO2. The maximum Gasteiger partial charge on any atom is 0.0587 e. The lowest BCUT2D eigenvalue weighted by molar-refractivity contribution is 0.0120. The quantitative estimate of drug-likeness (QED) is 0.829. The van der Waals surface area contributed by atoms with Gasteiger partial charge >= 0.3 is 0 Å². The zero-order valence-corrected chi connectivity index (χ0v) is 10.1. The fourth-order valence-electron chi connectivity index (χ4n) is 2.66. The van der Waals surface area contributed by atoms with Crippen molar-refractivity contribution in [2.75, 3.05) is 13.2 Å². The van der Waals surface area contributed by atoms with Crippen LogP contribution in [0.1, 0.15) is 24.8 Å². The number of hydrogen-bond donors (Lipinski definition) is 2. The van der Waals surface area contributed by atoms with Crippen molar-refractivity contribution in [1.29, 1.82) is 0 Å². The van der Waals surface area contributed by atoms with E-state index in [-0.39, 0.29) is 25.3 Å². The van der Waals surface area contributed by atoms with Crippen molar-refractivity contribution < 1.29 is 10.2 Å². The Labute approximate surface area is 103 Å². The van der Waals surface area contributed by atoms with Crippen LogP contribution in [0.5, 0.6) is 0 Å². The Hall–Kier alpha value is -0.900. The molecule has 3 nitrogen and oxygen atoms in total. The number of piperidine rings is 1. The third kappa shape index (κ3) is 3.06. The van der Waals surface area contributed by atoms with Crippen LogP contribution in [-0.4, -0.2) is 40.4 Å². The lowest BCUT2D eigenvalue weighted by Gasteiger charge is -2.40. The standard InChI is InChI=1S/C14H21NO2/c16-10-13-7-4-8-14(11-17)15(13)9-12-5-2-1-3-6-12/h1-3,5-6,13-14,16-17H,4,7-11H2. The number of rotatable bonds is 4. The number of likely N-dealkylation sites (tertiary alicyclic amines) is 1. The smallest absolute Gasteiger partial charge is 0.0587 e. The van der Waals surface area contributed by atoms with Gasteiger partial charge in [0.25, 0.3) is 0 Å². The third-order valence-corrected chi connectivity index (χ3v) is 3.64. The Morgan fingerprint density at radius 3 is 2.12 bits per heavy atom. The van der Waals surface area contributed by atoms with Gasteiger partial charge in [0.15, 0.2) is 0 Å². The molecule has 1 aliphatic rings. The average molecular weight is 235 g/mol. The second kappa shape index (κ2) is 6.15. The molecule has 17 heavy (non-hydrogen) atoms. The molecule has 2 N–H and O–H groups in total. The Balaban J connectivity index is 2.08. The molecule has 1 fully saturated rings. The van der Waals surface area contributed by atoms with Gasteiger partial charge in [-0.05, 0) is 18.4 Å². The maximum absolute atomic E-state index is 9.43. The Bertz CT molecular complexity index is 316. The molecule has 1 aromatic rings. The minimum atomic E-state index is 0.184. The van der Waals surface area contributed by atoms with Crippen LogP contribution in [0.4, 0.5) is 0 Å². The summed E-state index contributed by atoms with van der Waals surface area (Å²) in [5, 5.41) is 18.9. The molecule has 0 aliphatic carbocycles. The summed E-state index contributed by atoms with van der Waals surface area (Å²) in [6.45, 7) is 1.18. The normalized spacial score (nSPS) is 26.0. The van der Waals surface area contributed by atoms with Crippen molar-refractivity contribution in [1.82, 2.24) is 4.90 Å². The van der Waals surface area contributed by atoms with Crippen molar-refractivity contribution in [3.05, 3.63) is 35.9 Å². The summed E-state index contributed by atoms with van der Waals surface area (Å²) in [4.78, 5) is 2.25. The van der Waals surface area contributed by atoms with Crippen molar-refractivity contribution in [2.45, 2.75) is 37.9 Å². The van der Waals surface area contributed by atoms with Gasteiger partial charge < -0.3 is 10.2 Å². The third-order valence-electron chi connectivity index (χ3n) is 3.64. The zero-order chi connectivity index (χ0) is 12.1. The van der Waals surface area contributed by atoms with Crippen molar-refractivity contribution in [3.63, 3.8) is 0 Å². The summed E-state index contributed by atoms with van der Waals surface area (Å²) in [5.74, 6) is 0. The van der Waals surface area contributed by atoms with Gasteiger partial charge in [0, 0.05) is 18.6 Å². The van der Waals surface area contributed by atoms with E-state index in [9.17, 15) is 10.2 Å². The lowest BCUT2D eigenvalue weighted by atomic mass is 9.95. The summed E-state index contributed by atoms with van der Waals surface area (Å²) in [5.41, 5.74) is 1.24. The minimum Gasteiger partial charge on any atom is -0.395 e. The molecular weight excluding hydrogens is 214 g/mol. The SMILES string of the molecule is OCC1CCCC(CO)N1Cc1ccccc1. The summed E-state index contributed by atoms with van der Waals surface area (Å²) in [7, 11) is 0. The molecule has 1 saturated heterocycles. The van der Waals surface area contributed by atoms with Gasteiger partial charge in [-0.25, -0.2) is 0 Å². The highest BCUT2D eigenvalue weighted by atomic mass is 16.3. The lowest BCUT2D eigenvalue weighted by Crippen LogP contribution is -2.49. The van der Waals surface area contributed by atoms with Gasteiger partial charge in [-0.15, -0.1) is 0 Å². The van der Waals surface area contributed by atoms with Crippen LogP contribution < -0.4 is 0 Å². The number of benzene rings is 1. The molecule has 3 heteroatoms. The first-order valence-corrected chi connectivity index (χ1v) is 6.36. The Morgan fingerprint density at radius 1 is 1.00 bits per heavy atom. The highest BCUT2D eigenvalue weighted by Crippen LogP contribution is 2.24. The predicted molar refractivity (Wildman–Crippen MR) is 67.6 cm³/mol. The van der Waals surface area contributed by atoms with Crippen LogP contribution in [0, 0.1) is 0 Å². The molecule has 2 atom stereocenters. The van der Waals surface area contributed by atoms with E-state index >= 15 is 0 Å². The van der Waals surface area contributed by atoms with E-state index in [0.717, 1.165) is 25.8 Å². The first-order chi connectivity index (χ1) is 8.35. The Kier molecular flexibility index (Phi) is 4.54. The first-order valence-electron chi connectivity index (χ1n) is 6.36. The van der Waals surface area contributed by atoms with Crippen molar-refractivity contribution in [3.8, 4) is 0 Å². The van der Waals surface area contributed by atoms with Gasteiger partial charge in [0.1, 0.15) is 0 Å². The second-order valence-corrected chi connectivity index (χ2v) is 4.76. The van der Waals surface area contributed by atoms with Gasteiger partial charge in [0.2, 0.25) is 0 Å². The highest BCUT2D eigenvalue weighted by Gasteiger charge is 2.29. The van der Waals surface area contributed by atoms with E-state index in [4.69, 9.17) is 0 Å². The first kappa shape index (κ1) is 12.6. The second-order valence-electron chi connectivity index (χ2n) is 4.76. The van der Waals surface area contributed by atoms with Gasteiger partial charge in [-0.2, -0.15) is 0 Å². The molecule has 2 unspecified atom stereocenters. The fraction of sp³-hybridized carbons (Fsp3) is 0.571. The van der Waals surface area contributed by atoms with E-state index in [1.54, 1.807) is 0 Å². The maximum atomic E-state index is 9.43. The molecule has 94 valence electrons. The molecule has 0 radical (unpaired) electrons. The van der Waals surface area contributed by atoms with Crippen LogP contribution in [-0.2, 0) is 6.54 Å². The van der Waals surface area contributed by atoms with E-state index < -0.39 is 0 Å². The highest BCUT2D eigenvalue weighted by molar-refractivity contribution is 5.15. The topological polar surface area (TPSA) is 43.7 Å². The monoisotopic (exact) mass is 235 g/mol. The number of aliphatic hydroxyl groups excluding tert-OH is 2. The Morgan fingerprint density at radius 2 is 1.59 bits per heavy atom. The molecule has 0 bridgehead atoms. The molecule has 2 rings (SSSR count). The van der Waals surface area contributed by atoms with Gasteiger partial charge in [-0.3, -0.25) is 4.90 Å². The molecule has 0 amide bonds. The van der Waals surface area contributed by atoms with Crippen LogP contribution in [0.25, 0.3) is 0 Å². The van der Waals surface area contributed by atoms with E-state index in [1.807, 2.05) is 18.2 Å². The summed E-state index contributed by atoms with van der Waals surface area (Å²) in [6, 6.07) is 10.6. The van der Waals surface area contributed by atoms with Crippen molar-refractivity contribution >= 4 is 0 Å². The predicted octanol–water partition coefficient (Wildman–Crippen LogP) is 1.39. The van der Waals surface area contributed by atoms with Crippen LogP contribution in [0.15, 0.2) is 30.3 Å². The zero-order valence-electron chi connectivity index (χ0n) is 10.1.